The average Bonchev–Trinajstić information content (AvgIpc) is 3.51. The normalized spacial score (nSPS) is 14.5. The molecule has 0 aliphatic rings. The molecular weight excluding hydrogens is 830 g/mol. The summed E-state index contributed by atoms with van der Waals surface area (Å²) in [6.07, 6.45) is 40.4. The molecule has 366 valence electrons. The standard InChI is InChI=1S/C52H88NO10P/c1-8-10-31-37-49-45(3)46(4)50(63-49)38-33-28-24-20-17-18-21-25-29-34-39-51(55)59-43-48(44-61-64(57,58)60-42-41-53(5,6)7)62-52(56)40-35-30-26-22-16-14-12-11-13-15-19-23-27-32-36-47(54)9-2/h12-15,22-23,26-27,32,36,47-48,54H,8-11,16-21,24-25,28-31,33-35,37-44H2,1-7H3/p+1/b14-12-,15-13-,26-22-,27-23-,36-32+/t47-,48-/m1/s1. The zero-order valence-electron chi connectivity index (χ0n) is 41.1. The van der Waals surface area contributed by atoms with Crippen molar-refractivity contribution in [3.63, 3.8) is 0 Å². The Morgan fingerprint density at radius 1 is 0.672 bits per heavy atom. The Morgan fingerprint density at radius 2 is 1.20 bits per heavy atom. The molecule has 2 N–H and O–H groups in total. The van der Waals surface area contributed by atoms with E-state index < -0.39 is 32.5 Å². The summed E-state index contributed by atoms with van der Waals surface area (Å²) < 4.78 is 40.6. The van der Waals surface area contributed by atoms with Crippen LogP contribution in [0, 0.1) is 13.8 Å². The fourth-order valence-corrected chi connectivity index (χ4v) is 7.39. The highest BCUT2D eigenvalue weighted by Gasteiger charge is 2.27. The second kappa shape index (κ2) is 37.1. The van der Waals surface area contributed by atoms with Crippen LogP contribution in [-0.4, -0.2) is 86.1 Å². The summed E-state index contributed by atoms with van der Waals surface area (Å²) in [4.78, 5) is 35.5. The lowest BCUT2D eigenvalue weighted by Crippen LogP contribution is -2.37. The second-order valence-electron chi connectivity index (χ2n) is 17.9. The molecule has 1 unspecified atom stereocenters. The van der Waals surface area contributed by atoms with E-state index in [1.54, 1.807) is 6.08 Å². The number of aliphatic hydroxyl groups is 1. The van der Waals surface area contributed by atoms with Crippen molar-refractivity contribution in [2.24, 2.45) is 0 Å². The summed E-state index contributed by atoms with van der Waals surface area (Å²) >= 11 is 0. The molecule has 0 saturated heterocycles. The summed E-state index contributed by atoms with van der Waals surface area (Å²) in [5.74, 6) is 1.47. The number of quaternary nitrogens is 1. The molecule has 0 bridgehead atoms. The number of phosphoric ester groups is 1. The lowest BCUT2D eigenvalue weighted by atomic mass is 10.0. The van der Waals surface area contributed by atoms with Crippen molar-refractivity contribution in [2.75, 3.05) is 47.5 Å². The minimum Gasteiger partial charge on any atom is -0.466 e. The average molecular weight is 919 g/mol. The largest absolute Gasteiger partial charge is 0.472 e. The Balaban J connectivity index is 2.34. The maximum atomic E-state index is 12.7. The minimum atomic E-state index is -4.42. The Labute approximate surface area is 388 Å². The number of likely N-dealkylation sites (N-methyl/N-ethyl adjacent to an activating group) is 1. The van der Waals surface area contributed by atoms with Gasteiger partial charge < -0.3 is 28.4 Å². The smallest absolute Gasteiger partial charge is 0.466 e. The molecule has 0 amide bonds. The molecule has 1 aromatic heterocycles. The van der Waals surface area contributed by atoms with Gasteiger partial charge in [-0.3, -0.25) is 18.6 Å². The Hall–Kier alpha value is -3.05. The summed E-state index contributed by atoms with van der Waals surface area (Å²) in [5, 5.41) is 9.50. The van der Waals surface area contributed by atoms with Gasteiger partial charge in [0.2, 0.25) is 0 Å². The number of hydrogen-bond acceptors (Lipinski definition) is 9. The van der Waals surface area contributed by atoms with Gasteiger partial charge in [0, 0.05) is 25.7 Å². The van der Waals surface area contributed by atoms with Crippen LogP contribution in [-0.2, 0) is 45.5 Å². The molecule has 3 atom stereocenters. The van der Waals surface area contributed by atoms with E-state index in [2.05, 4.69) is 51.2 Å². The Kier molecular flexibility index (Phi) is 34.2. The first kappa shape index (κ1) is 59.0. The molecule has 1 heterocycles. The van der Waals surface area contributed by atoms with Crippen LogP contribution in [0.2, 0.25) is 0 Å². The van der Waals surface area contributed by atoms with E-state index in [-0.39, 0.29) is 32.2 Å². The SMILES string of the molecule is CCCCCc1oc(CCCCCCCCCCCCC(=O)OC[C@H](COP(=O)(O)OCC[N+](C)(C)C)OC(=O)CCC/C=C\C/C=C\C/C=C\C/C=C\C=C\[C@H](O)CC)c(C)c1C. The molecular formula is C52H89NO10P+. The molecule has 0 saturated carbocycles. The number of esters is 2. The van der Waals surface area contributed by atoms with Crippen LogP contribution in [0.5, 0.6) is 0 Å². The second-order valence-corrected chi connectivity index (χ2v) is 19.4. The number of aryl methyl sites for hydroxylation is 2. The van der Waals surface area contributed by atoms with Crippen molar-refractivity contribution < 1.29 is 51.6 Å². The highest BCUT2D eigenvalue weighted by Crippen LogP contribution is 2.43. The highest BCUT2D eigenvalue weighted by atomic mass is 31.2. The van der Waals surface area contributed by atoms with E-state index in [0.29, 0.717) is 36.7 Å². The van der Waals surface area contributed by atoms with Gasteiger partial charge in [0.25, 0.3) is 0 Å². The minimum absolute atomic E-state index is 0.00654. The Morgan fingerprint density at radius 3 is 1.78 bits per heavy atom. The van der Waals surface area contributed by atoms with Crippen molar-refractivity contribution >= 4 is 19.8 Å². The zero-order chi connectivity index (χ0) is 47.3. The number of allylic oxidation sites excluding steroid dienone is 9. The van der Waals surface area contributed by atoms with Crippen molar-refractivity contribution in [3.8, 4) is 0 Å². The van der Waals surface area contributed by atoms with E-state index in [1.165, 1.54) is 80.4 Å². The van der Waals surface area contributed by atoms with Gasteiger partial charge >= 0.3 is 19.8 Å². The first-order valence-electron chi connectivity index (χ1n) is 24.5. The van der Waals surface area contributed by atoms with Gasteiger partial charge in [-0.2, -0.15) is 0 Å². The molecule has 11 nitrogen and oxygen atoms in total. The summed E-state index contributed by atoms with van der Waals surface area (Å²) in [5.41, 5.74) is 2.69. The van der Waals surface area contributed by atoms with Crippen LogP contribution < -0.4 is 0 Å². The molecule has 1 rings (SSSR count). The highest BCUT2D eigenvalue weighted by molar-refractivity contribution is 7.47. The quantitative estimate of drug-likeness (QED) is 0.0163. The summed E-state index contributed by atoms with van der Waals surface area (Å²) in [7, 11) is 1.39. The predicted octanol–water partition coefficient (Wildman–Crippen LogP) is 12.7. The Bertz CT molecular complexity index is 1570. The van der Waals surface area contributed by atoms with Gasteiger partial charge in [-0.15, -0.1) is 0 Å². The van der Waals surface area contributed by atoms with Gasteiger partial charge in [0.15, 0.2) is 6.10 Å². The maximum absolute atomic E-state index is 12.7. The van der Waals surface area contributed by atoms with E-state index in [0.717, 1.165) is 51.4 Å². The number of nitrogens with zero attached hydrogens (tertiary/aromatic N) is 1. The number of carbonyl (C=O) groups is 2. The molecule has 1 aromatic rings. The molecule has 0 fully saturated rings. The number of ether oxygens (including phenoxy) is 2. The first-order chi connectivity index (χ1) is 30.7. The van der Waals surface area contributed by atoms with Gasteiger partial charge in [0.1, 0.15) is 31.3 Å². The molecule has 64 heavy (non-hydrogen) atoms. The van der Waals surface area contributed by atoms with Crippen LogP contribution in [0.1, 0.15) is 171 Å². The lowest BCUT2D eigenvalue weighted by Gasteiger charge is -2.24. The first-order valence-corrected chi connectivity index (χ1v) is 26.0. The zero-order valence-corrected chi connectivity index (χ0v) is 42.0. The predicted molar refractivity (Wildman–Crippen MR) is 261 cm³/mol. The van der Waals surface area contributed by atoms with Crippen LogP contribution in [0.25, 0.3) is 0 Å². The molecule has 12 heteroatoms. The van der Waals surface area contributed by atoms with Gasteiger partial charge in [-0.1, -0.05) is 139 Å². The van der Waals surface area contributed by atoms with Gasteiger partial charge in [-0.05, 0) is 82.8 Å². The van der Waals surface area contributed by atoms with Crippen LogP contribution in [0.3, 0.4) is 0 Å². The fraction of sp³-hybridized carbons (Fsp3) is 0.692. The van der Waals surface area contributed by atoms with E-state index in [9.17, 15) is 24.2 Å². The number of rotatable bonds is 40. The number of unbranched alkanes of at least 4 members (excludes halogenated alkanes) is 12. The van der Waals surface area contributed by atoms with Crippen molar-refractivity contribution in [3.05, 3.63) is 83.4 Å². The number of aliphatic hydroxyl groups excluding tert-OH is 1. The maximum Gasteiger partial charge on any atom is 0.472 e. The molecule has 0 radical (unpaired) electrons. The van der Waals surface area contributed by atoms with Crippen molar-refractivity contribution in [2.45, 2.75) is 188 Å². The third-order valence-electron chi connectivity index (χ3n) is 10.9. The number of carbonyl (C=O) groups excluding carboxylic acids is 2. The van der Waals surface area contributed by atoms with Crippen molar-refractivity contribution in [1.82, 2.24) is 0 Å². The van der Waals surface area contributed by atoms with E-state index >= 15 is 0 Å². The summed E-state index contributed by atoms with van der Waals surface area (Å²) in [6.45, 7) is 8.35. The molecule has 0 aliphatic heterocycles. The van der Waals surface area contributed by atoms with Crippen molar-refractivity contribution in [1.29, 1.82) is 0 Å². The number of hydrogen-bond donors (Lipinski definition) is 2. The van der Waals surface area contributed by atoms with Crippen LogP contribution in [0.15, 0.2) is 65.2 Å². The third-order valence-corrected chi connectivity index (χ3v) is 11.9. The van der Waals surface area contributed by atoms with E-state index in [1.807, 2.05) is 52.4 Å². The van der Waals surface area contributed by atoms with Crippen LogP contribution in [0.4, 0.5) is 0 Å². The summed E-state index contributed by atoms with van der Waals surface area (Å²) in [6, 6.07) is 0. The monoisotopic (exact) mass is 919 g/mol. The molecule has 0 aliphatic carbocycles. The lowest BCUT2D eigenvalue weighted by molar-refractivity contribution is -0.870. The molecule has 0 spiro atoms. The topological polar surface area (TPSA) is 142 Å². The number of furan rings is 1. The molecule has 0 aromatic carbocycles. The number of phosphoric acid groups is 1. The fourth-order valence-electron chi connectivity index (χ4n) is 6.65. The van der Waals surface area contributed by atoms with E-state index in [4.69, 9.17) is 22.9 Å². The van der Waals surface area contributed by atoms with Gasteiger partial charge in [-0.25, -0.2) is 4.57 Å². The van der Waals surface area contributed by atoms with Gasteiger partial charge in [0.05, 0.1) is 33.9 Å². The van der Waals surface area contributed by atoms with Crippen LogP contribution >= 0.6 is 7.82 Å². The third kappa shape index (κ3) is 33.4.